The third kappa shape index (κ3) is 3.26. The molecule has 0 aromatic heterocycles. The van der Waals surface area contributed by atoms with Crippen molar-refractivity contribution in [2.75, 3.05) is 6.61 Å². The number of esters is 1. The molecule has 0 spiro atoms. The Balaban J connectivity index is 2.68. The van der Waals surface area contributed by atoms with Gasteiger partial charge in [-0.15, -0.1) is 0 Å². The molecule has 7 heteroatoms. The lowest BCUT2D eigenvalue weighted by atomic mass is 9.66. The molecule has 1 aliphatic rings. The van der Waals surface area contributed by atoms with Crippen LogP contribution in [-0.4, -0.2) is 12.6 Å². The zero-order chi connectivity index (χ0) is 19.3. The Morgan fingerprint density at radius 3 is 2.46 bits per heavy atom. The predicted octanol–water partition coefficient (Wildman–Crippen LogP) is 3.09. The van der Waals surface area contributed by atoms with E-state index >= 15 is 0 Å². The predicted molar refractivity (Wildman–Crippen MR) is 94.0 cm³/mol. The molecule has 1 atom stereocenters. The van der Waals surface area contributed by atoms with Crippen LogP contribution in [0.1, 0.15) is 24.8 Å². The van der Waals surface area contributed by atoms with Crippen LogP contribution in [0.5, 0.6) is 0 Å². The lowest BCUT2D eigenvalue weighted by Crippen LogP contribution is -2.35. The Kier molecular flexibility index (Phi) is 5.68. The van der Waals surface area contributed by atoms with E-state index in [-0.39, 0.29) is 29.9 Å². The molecule has 0 bridgehead atoms. The first-order valence-electron chi connectivity index (χ1n) is 7.79. The summed E-state index contributed by atoms with van der Waals surface area (Å²) in [7, 11) is 0. The average Bonchev–Trinajstić information content (AvgIpc) is 2.63. The van der Waals surface area contributed by atoms with Crippen LogP contribution in [0.15, 0.2) is 47.2 Å². The van der Waals surface area contributed by atoms with Gasteiger partial charge in [0.15, 0.2) is 0 Å². The zero-order valence-electron chi connectivity index (χ0n) is 14.0. The van der Waals surface area contributed by atoms with Crippen LogP contribution < -0.4 is 5.73 Å². The SMILES string of the molecule is CCOC(=O)/C=C1\CC(c2ccc(Cl)cc2)C(C#N)=C(N)C1(C#N)C#N. The summed E-state index contributed by atoms with van der Waals surface area (Å²) in [6.45, 7) is 1.81. The second-order valence-corrected chi connectivity index (χ2v) is 6.08. The summed E-state index contributed by atoms with van der Waals surface area (Å²) in [5.41, 5.74) is 5.13. The van der Waals surface area contributed by atoms with E-state index in [4.69, 9.17) is 22.1 Å². The van der Waals surface area contributed by atoms with Crippen molar-refractivity contribution in [2.45, 2.75) is 19.3 Å². The van der Waals surface area contributed by atoms with Crippen molar-refractivity contribution >= 4 is 17.6 Å². The van der Waals surface area contributed by atoms with E-state index in [9.17, 15) is 20.6 Å². The Bertz CT molecular complexity index is 897. The van der Waals surface area contributed by atoms with E-state index < -0.39 is 17.3 Å². The monoisotopic (exact) mass is 366 g/mol. The number of nitriles is 3. The van der Waals surface area contributed by atoms with E-state index in [0.29, 0.717) is 5.02 Å². The second kappa shape index (κ2) is 7.74. The summed E-state index contributed by atoms with van der Waals surface area (Å²) in [6.07, 6.45) is 1.24. The van der Waals surface area contributed by atoms with Crippen molar-refractivity contribution in [1.82, 2.24) is 0 Å². The van der Waals surface area contributed by atoms with Crippen LogP contribution in [0.3, 0.4) is 0 Å². The maximum absolute atomic E-state index is 11.9. The quantitative estimate of drug-likeness (QED) is 0.647. The van der Waals surface area contributed by atoms with E-state index in [1.165, 1.54) is 0 Å². The van der Waals surface area contributed by atoms with Crippen molar-refractivity contribution in [3.63, 3.8) is 0 Å². The molecule has 0 radical (unpaired) electrons. The van der Waals surface area contributed by atoms with Gasteiger partial charge in [-0.1, -0.05) is 23.7 Å². The van der Waals surface area contributed by atoms with Crippen molar-refractivity contribution in [1.29, 1.82) is 15.8 Å². The summed E-state index contributed by atoms with van der Waals surface area (Å²) in [5.74, 6) is -1.16. The number of rotatable bonds is 3. The molecule has 1 aromatic rings. The Morgan fingerprint density at radius 1 is 1.35 bits per heavy atom. The highest BCUT2D eigenvalue weighted by Crippen LogP contribution is 2.48. The summed E-state index contributed by atoms with van der Waals surface area (Å²) >= 11 is 5.91. The first-order chi connectivity index (χ1) is 12.4. The van der Waals surface area contributed by atoms with E-state index in [1.807, 2.05) is 18.2 Å². The molecule has 1 aliphatic carbocycles. The van der Waals surface area contributed by atoms with Gasteiger partial charge in [0, 0.05) is 17.0 Å². The Morgan fingerprint density at radius 2 is 1.96 bits per heavy atom. The third-order valence-electron chi connectivity index (χ3n) is 4.26. The molecule has 1 unspecified atom stereocenters. The highest BCUT2D eigenvalue weighted by molar-refractivity contribution is 6.30. The number of allylic oxidation sites excluding steroid dienone is 2. The smallest absolute Gasteiger partial charge is 0.330 e. The summed E-state index contributed by atoms with van der Waals surface area (Å²) < 4.78 is 4.90. The van der Waals surface area contributed by atoms with Gasteiger partial charge in [-0.05, 0) is 36.6 Å². The van der Waals surface area contributed by atoms with Crippen molar-refractivity contribution in [3.05, 3.63) is 57.8 Å². The molecule has 6 nitrogen and oxygen atoms in total. The zero-order valence-corrected chi connectivity index (χ0v) is 14.7. The van der Waals surface area contributed by atoms with Gasteiger partial charge in [-0.25, -0.2) is 4.79 Å². The summed E-state index contributed by atoms with van der Waals surface area (Å²) in [6, 6.07) is 12.6. The second-order valence-electron chi connectivity index (χ2n) is 5.64. The highest BCUT2D eigenvalue weighted by Gasteiger charge is 2.46. The minimum absolute atomic E-state index is 0.116. The van der Waals surface area contributed by atoms with Crippen molar-refractivity contribution < 1.29 is 9.53 Å². The van der Waals surface area contributed by atoms with Gasteiger partial charge >= 0.3 is 5.97 Å². The molecule has 0 fully saturated rings. The maximum Gasteiger partial charge on any atom is 0.330 e. The standard InChI is InChI=1S/C19H15ClN4O2/c1-2-26-17(25)8-13-7-15(12-3-5-14(20)6-4-12)16(9-21)18(24)19(13,10-22)11-23/h3-6,8,15H,2,7,24H2,1H3/b13-8+. The van der Waals surface area contributed by atoms with Gasteiger partial charge in [-0.2, -0.15) is 15.8 Å². The lowest BCUT2D eigenvalue weighted by Gasteiger charge is -2.33. The van der Waals surface area contributed by atoms with E-state index in [2.05, 4.69) is 0 Å². The maximum atomic E-state index is 11.9. The largest absolute Gasteiger partial charge is 0.463 e. The lowest BCUT2D eigenvalue weighted by molar-refractivity contribution is -0.137. The van der Waals surface area contributed by atoms with Crippen LogP contribution in [0.25, 0.3) is 0 Å². The number of nitrogens with zero attached hydrogens (tertiary/aromatic N) is 3. The first-order valence-corrected chi connectivity index (χ1v) is 8.17. The summed E-state index contributed by atoms with van der Waals surface area (Å²) in [4.78, 5) is 11.9. The Hall–Kier alpha value is -3.27. The third-order valence-corrected chi connectivity index (χ3v) is 4.51. The molecule has 0 saturated heterocycles. The van der Waals surface area contributed by atoms with Gasteiger partial charge in [0.05, 0.1) is 36.1 Å². The molecular weight excluding hydrogens is 352 g/mol. The fraction of sp³-hybridized carbons (Fsp3) is 0.263. The van der Waals surface area contributed by atoms with Gasteiger partial charge in [0.2, 0.25) is 5.41 Å². The first kappa shape index (κ1) is 19.1. The van der Waals surface area contributed by atoms with Gasteiger partial charge in [0.1, 0.15) is 0 Å². The minimum atomic E-state index is -1.87. The fourth-order valence-electron chi connectivity index (χ4n) is 2.94. The summed E-state index contributed by atoms with van der Waals surface area (Å²) in [5, 5.41) is 29.4. The normalized spacial score (nSPS) is 20.0. The topological polar surface area (TPSA) is 124 Å². The van der Waals surface area contributed by atoms with Gasteiger partial charge in [-0.3, -0.25) is 0 Å². The van der Waals surface area contributed by atoms with Crippen LogP contribution in [-0.2, 0) is 9.53 Å². The molecule has 130 valence electrons. The molecule has 1 aromatic carbocycles. The molecular formula is C19H15ClN4O2. The number of hydrogen-bond donors (Lipinski definition) is 1. The molecule has 0 heterocycles. The molecule has 2 N–H and O–H groups in total. The molecule has 0 saturated carbocycles. The number of hydrogen-bond acceptors (Lipinski definition) is 6. The molecule has 0 amide bonds. The number of carbonyl (C=O) groups is 1. The molecule has 26 heavy (non-hydrogen) atoms. The fourth-order valence-corrected chi connectivity index (χ4v) is 3.06. The number of halogens is 1. The number of ether oxygens (including phenoxy) is 1. The number of nitrogens with two attached hydrogens (primary N) is 1. The van der Waals surface area contributed by atoms with Crippen LogP contribution >= 0.6 is 11.6 Å². The van der Waals surface area contributed by atoms with E-state index in [1.54, 1.807) is 31.2 Å². The van der Waals surface area contributed by atoms with E-state index in [0.717, 1.165) is 11.6 Å². The average molecular weight is 367 g/mol. The number of carbonyl (C=O) groups excluding carboxylic acids is 1. The van der Waals surface area contributed by atoms with Gasteiger partial charge < -0.3 is 10.5 Å². The highest BCUT2D eigenvalue weighted by atomic mass is 35.5. The Labute approximate surface area is 156 Å². The van der Waals surface area contributed by atoms with Gasteiger partial charge in [0.25, 0.3) is 0 Å². The molecule has 0 aliphatic heterocycles. The van der Waals surface area contributed by atoms with Crippen LogP contribution in [0.2, 0.25) is 5.02 Å². The van der Waals surface area contributed by atoms with Crippen molar-refractivity contribution in [2.24, 2.45) is 11.1 Å². The van der Waals surface area contributed by atoms with Crippen LogP contribution in [0.4, 0.5) is 0 Å². The van der Waals surface area contributed by atoms with Crippen LogP contribution in [0, 0.1) is 39.4 Å². The van der Waals surface area contributed by atoms with Crippen molar-refractivity contribution in [3.8, 4) is 18.2 Å². The number of benzene rings is 1. The molecule has 2 rings (SSSR count). The minimum Gasteiger partial charge on any atom is -0.463 e.